The molecule has 148 valence electrons. The standard InChI is InChI=1S/C21H25N3O3S/c1-14-7-9-24(10-8-14)17(18-6-5-15(2)26-18)13-22-21(25)16-12-19(27-23-16)20-4-3-11-28-20/h3-6,11-12,14,17H,7-10,13H2,1-2H3,(H,22,25). The Labute approximate surface area is 168 Å². The summed E-state index contributed by atoms with van der Waals surface area (Å²) in [5.74, 6) is 2.91. The molecule has 0 radical (unpaired) electrons. The molecule has 3 aromatic heterocycles. The lowest BCUT2D eigenvalue weighted by atomic mass is 9.97. The van der Waals surface area contributed by atoms with E-state index in [-0.39, 0.29) is 11.9 Å². The Hall–Kier alpha value is -2.38. The lowest BCUT2D eigenvalue weighted by Gasteiger charge is -2.35. The van der Waals surface area contributed by atoms with Crippen LogP contribution in [0.5, 0.6) is 0 Å². The molecule has 6 nitrogen and oxygen atoms in total. The number of carbonyl (C=O) groups is 1. The summed E-state index contributed by atoms with van der Waals surface area (Å²) < 4.78 is 11.2. The van der Waals surface area contributed by atoms with Crippen molar-refractivity contribution in [2.45, 2.75) is 32.7 Å². The molecule has 0 aliphatic carbocycles. The maximum atomic E-state index is 12.6. The molecule has 1 aliphatic heterocycles. The molecule has 1 amide bonds. The molecule has 4 rings (SSSR count). The van der Waals surface area contributed by atoms with E-state index in [2.05, 4.69) is 22.3 Å². The van der Waals surface area contributed by atoms with Gasteiger partial charge in [0.15, 0.2) is 11.5 Å². The van der Waals surface area contributed by atoms with Crippen molar-refractivity contribution in [2.75, 3.05) is 19.6 Å². The van der Waals surface area contributed by atoms with Gasteiger partial charge in [-0.15, -0.1) is 11.3 Å². The Bertz CT molecular complexity index is 907. The van der Waals surface area contributed by atoms with Gasteiger partial charge in [-0.2, -0.15) is 0 Å². The topological polar surface area (TPSA) is 71.5 Å². The molecule has 3 aromatic rings. The minimum Gasteiger partial charge on any atom is -0.465 e. The summed E-state index contributed by atoms with van der Waals surface area (Å²) in [6.45, 7) is 6.73. The van der Waals surface area contributed by atoms with Crippen molar-refractivity contribution in [3.8, 4) is 10.6 Å². The minimum atomic E-state index is -0.231. The van der Waals surface area contributed by atoms with Gasteiger partial charge in [-0.25, -0.2) is 0 Å². The fraction of sp³-hybridized carbons (Fsp3) is 0.429. The fourth-order valence-electron chi connectivity index (χ4n) is 3.58. The molecule has 1 unspecified atom stereocenters. The van der Waals surface area contributed by atoms with E-state index in [9.17, 15) is 4.79 Å². The lowest BCUT2D eigenvalue weighted by molar-refractivity contribution is 0.0887. The van der Waals surface area contributed by atoms with Crippen molar-refractivity contribution in [3.05, 3.63) is 52.9 Å². The van der Waals surface area contributed by atoms with Crippen LogP contribution >= 0.6 is 11.3 Å². The number of aromatic nitrogens is 1. The first-order valence-electron chi connectivity index (χ1n) is 9.69. The summed E-state index contributed by atoms with van der Waals surface area (Å²) >= 11 is 1.55. The zero-order chi connectivity index (χ0) is 19.5. The third-order valence-corrected chi connectivity index (χ3v) is 6.20. The van der Waals surface area contributed by atoms with E-state index in [0.29, 0.717) is 18.0 Å². The highest BCUT2D eigenvalue weighted by Gasteiger charge is 2.27. The minimum absolute atomic E-state index is 0.0221. The maximum Gasteiger partial charge on any atom is 0.273 e. The van der Waals surface area contributed by atoms with E-state index in [1.165, 1.54) is 0 Å². The molecular formula is C21H25N3O3S. The first kappa shape index (κ1) is 19.0. The van der Waals surface area contributed by atoms with Gasteiger partial charge in [-0.1, -0.05) is 18.1 Å². The number of nitrogens with one attached hydrogen (secondary N) is 1. The second-order valence-electron chi connectivity index (χ2n) is 7.45. The van der Waals surface area contributed by atoms with E-state index in [1.807, 2.05) is 36.6 Å². The van der Waals surface area contributed by atoms with Gasteiger partial charge in [0.05, 0.1) is 10.9 Å². The number of hydrogen-bond acceptors (Lipinski definition) is 6. The Morgan fingerprint density at radius 1 is 1.36 bits per heavy atom. The molecule has 28 heavy (non-hydrogen) atoms. The number of likely N-dealkylation sites (tertiary alicyclic amines) is 1. The average Bonchev–Trinajstić information content (AvgIpc) is 3.44. The third-order valence-electron chi connectivity index (χ3n) is 5.31. The van der Waals surface area contributed by atoms with Crippen LogP contribution in [0.4, 0.5) is 0 Å². The molecule has 1 atom stereocenters. The van der Waals surface area contributed by atoms with Crippen LogP contribution < -0.4 is 5.32 Å². The van der Waals surface area contributed by atoms with Gasteiger partial charge in [-0.05, 0) is 62.4 Å². The highest BCUT2D eigenvalue weighted by molar-refractivity contribution is 7.13. The highest BCUT2D eigenvalue weighted by atomic mass is 32.1. The maximum absolute atomic E-state index is 12.6. The number of aryl methyl sites for hydroxylation is 1. The first-order chi connectivity index (χ1) is 13.6. The molecule has 0 aromatic carbocycles. The zero-order valence-corrected chi connectivity index (χ0v) is 17.0. The van der Waals surface area contributed by atoms with Gasteiger partial charge in [0.1, 0.15) is 11.5 Å². The molecule has 0 saturated carbocycles. The third kappa shape index (κ3) is 4.20. The summed E-state index contributed by atoms with van der Waals surface area (Å²) in [6.07, 6.45) is 2.33. The number of rotatable bonds is 6. The Morgan fingerprint density at radius 2 is 2.18 bits per heavy atom. The van der Waals surface area contributed by atoms with Crippen LogP contribution in [0, 0.1) is 12.8 Å². The first-order valence-corrected chi connectivity index (χ1v) is 10.6. The Balaban J connectivity index is 1.44. The van der Waals surface area contributed by atoms with Gasteiger partial charge in [-0.3, -0.25) is 9.69 Å². The summed E-state index contributed by atoms with van der Waals surface area (Å²) in [5.41, 5.74) is 0.296. The molecule has 7 heteroatoms. The second-order valence-corrected chi connectivity index (χ2v) is 8.39. The van der Waals surface area contributed by atoms with Crippen LogP contribution in [0.1, 0.15) is 47.8 Å². The lowest BCUT2D eigenvalue weighted by Crippen LogP contribution is -2.41. The van der Waals surface area contributed by atoms with E-state index in [4.69, 9.17) is 8.94 Å². The molecular weight excluding hydrogens is 374 g/mol. The number of hydrogen-bond donors (Lipinski definition) is 1. The summed E-state index contributed by atoms with van der Waals surface area (Å²) in [4.78, 5) is 16.0. The average molecular weight is 400 g/mol. The SMILES string of the molecule is Cc1ccc(C(CNC(=O)c2cc(-c3cccs3)on2)N2CCC(C)CC2)o1. The van der Waals surface area contributed by atoms with E-state index >= 15 is 0 Å². The van der Waals surface area contributed by atoms with E-state index in [1.54, 1.807) is 17.4 Å². The van der Waals surface area contributed by atoms with Gasteiger partial charge < -0.3 is 14.3 Å². The van der Waals surface area contributed by atoms with Crippen LogP contribution in [0.2, 0.25) is 0 Å². The molecule has 1 saturated heterocycles. The van der Waals surface area contributed by atoms with Crippen molar-refractivity contribution in [2.24, 2.45) is 5.92 Å². The molecule has 0 spiro atoms. The van der Waals surface area contributed by atoms with Crippen LogP contribution in [0.25, 0.3) is 10.6 Å². The van der Waals surface area contributed by atoms with E-state index < -0.39 is 0 Å². The molecule has 1 fully saturated rings. The monoisotopic (exact) mass is 399 g/mol. The van der Waals surface area contributed by atoms with Crippen LogP contribution in [0.3, 0.4) is 0 Å². The van der Waals surface area contributed by atoms with Crippen molar-refractivity contribution in [1.82, 2.24) is 15.4 Å². The van der Waals surface area contributed by atoms with E-state index in [0.717, 1.165) is 48.2 Å². The van der Waals surface area contributed by atoms with Crippen molar-refractivity contribution in [1.29, 1.82) is 0 Å². The normalized spacial score (nSPS) is 16.9. The van der Waals surface area contributed by atoms with Crippen LogP contribution in [0.15, 0.2) is 44.7 Å². The number of amides is 1. The zero-order valence-electron chi connectivity index (χ0n) is 16.2. The molecule has 4 heterocycles. The van der Waals surface area contributed by atoms with Gasteiger partial charge in [0.25, 0.3) is 5.91 Å². The smallest absolute Gasteiger partial charge is 0.273 e. The number of piperidine rings is 1. The number of furan rings is 1. The van der Waals surface area contributed by atoms with Gasteiger partial charge in [0.2, 0.25) is 0 Å². The van der Waals surface area contributed by atoms with Crippen LogP contribution in [-0.2, 0) is 0 Å². The van der Waals surface area contributed by atoms with Gasteiger partial charge in [0, 0.05) is 12.6 Å². The number of carbonyl (C=O) groups excluding carboxylic acids is 1. The predicted octanol–water partition coefficient (Wildman–Crippen LogP) is 4.51. The molecule has 1 N–H and O–H groups in total. The van der Waals surface area contributed by atoms with Crippen molar-refractivity contribution in [3.63, 3.8) is 0 Å². The largest absolute Gasteiger partial charge is 0.465 e. The second kappa shape index (κ2) is 8.32. The Morgan fingerprint density at radius 3 is 2.86 bits per heavy atom. The molecule has 0 bridgehead atoms. The Kier molecular flexibility index (Phi) is 5.64. The number of nitrogens with zero attached hydrogens (tertiary/aromatic N) is 2. The highest BCUT2D eigenvalue weighted by Crippen LogP contribution is 2.28. The van der Waals surface area contributed by atoms with Gasteiger partial charge >= 0.3 is 0 Å². The quantitative estimate of drug-likeness (QED) is 0.660. The predicted molar refractivity (Wildman–Crippen MR) is 108 cm³/mol. The fourth-order valence-corrected chi connectivity index (χ4v) is 4.25. The van der Waals surface area contributed by atoms with Crippen molar-refractivity contribution < 1.29 is 13.7 Å². The number of thiophene rings is 1. The summed E-state index contributed by atoms with van der Waals surface area (Å²) in [7, 11) is 0. The van der Waals surface area contributed by atoms with Crippen molar-refractivity contribution >= 4 is 17.2 Å². The summed E-state index contributed by atoms with van der Waals surface area (Å²) in [5, 5.41) is 8.91. The summed E-state index contributed by atoms with van der Waals surface area (Å²) in [6, 6.07) is 9.58. The molecule has 1 aliphatic rings. The van der Waals surface area contributed by atoms with Crippen LogP contribution in [-0.4, -0.2) is 35.6 Å².